The zero-order valence-electron chi connectivity index (χ0n) is 14.5. The minimum atomic E-state index is -4.47. The summed E-state index contributed by atoms with van der Waals surface area (Å²) in [6, 6.07) is 0. The van der Waals surface area contributed by atoms with Crippen molar-refractivity contribution in [2.45, 2.75) is 71.3 Å². The second kappa shape index (κ2) is 7.06. The van der Waals surface area contributed by atoms with Gasteiger partial charge in [0.05, 0.1) is 17.4 Å². The third-order valence-corrected chi connectivity index (χ3v) is 5.82. The fraction of sp³-hybridized carbons (Fsp3) is 0.833. The molecule has 1 N–H and O–H groups in total. The predicted octanol–water partition coefficient (Wildman–Crippen LogP) is 4.25. The Kier molecular flexibility index (Phi) is 5.68. The number of allylic oxidation sites excluding steroid dienone is 1. The van der Waals surface area contributed by atoms with Gasteiger partial charge in [0.2, 0.25) is 0 Å². The maximum absolute atomic E-state index is 13.4. The van der Waals surface area contributed by atoms with E-state index in [0.717, 1.165) is 19.8 Å². The van der Waals surface area contributed by atoms with E-state index in [-0.39, 0.29) is 36.2 Å². The Bertz CT molecular complexity index is 488. The number of hydrogen-bond acceptors (Lipinski definition) is 3. The van der Waals surface area contributed by atoms with Crippen LogP contribution < -0.4 is 0 Å². The average Bonchev–Trinajstić information content (AvgIpc) is 3.02. The van der Waals surface area contributed by atoms with Crippen LogP contribution in [0.4, 0.5) is 13.2 Å². The van der Waals surface area contributed by atoms with E-state index in [1.807, 2.05) is 6.92 Å². The molecule has 0 amide bonds. The fourth-order valence-electron chi connectivity index (χ4n) is 3.95. The van der Waals surface area contributed by atoms with Crippen LogP contribution in [0, 0.1) is 23.2 Å². The van der Waals surface area contributed by atoms with Crippen LogP contribution in [0.5, 0.6) is 0 Å². The van der Waals surface area contributed by atoms with Gasteiger partial charge in [0, 0.05) is 5.92 Å². The quantitative estimate of drug-likeness (QED) is 0.577. The number of ether oxygens (including phenoxy) is 1. The number of carbonyl (C=O) groups excluding carboxylic acids is 1. The summed E-state index contributed by atoms with van der Waals surface area (Å²) in [6.45, 7) is 4.72. The molecule has 0 aromatic heterocycles. The van der Waals surface area contributed by atoms with Crippen molar-refractivity contribution in [1.29, 1.82) is 0 Å². The molecular weight excluding hydrogens is 321 g/mol. The second-order valence-corrected chi connectivity index (χ2v) is 7.43. The number of aliphatic hydroxyl groups excluding tert-OH is 1. The number of hydrogen-bond donors (Lipinski definition) is 1. The van der Waals surface area contributed by atoms with Crippen molar-refractivity contribution < 1.29 is 27.8 Å². The smallest absolute Gasteiger partial charge is 0.397 e. The zero-order valence-corrected chi connectivity index (χ0v) is 14.5. The normalized spacial score (nSPS) is 34.2. The van der Waals surface area contributed by atoms with Gasteiger partial charge in [0.1, 0.15) is 6.10 Å². The molecule has 138 valence electrons. The molecule has 2 rings (SSSR count). The molecule has 0 radical (unpaired) electrons. The molecular formula is C18H27F3O3. The minimum absolute atomic E-state index is 0.00809. The highest BCUT2D eigenvalue weighted by atomic mass is 19.4. The molecule has 6 heteroatoms. The molecule has 1 saturated heterocycles. The van der Waals surface area contributed by atoms with Crippen LogP contribution in [-0.2, 0) is 9.53 Å². The summed E-state index contributed by atoms with van der Waals surface area (Å²) in [7, 11) is 0. The van der Waals surface area contributed by atoms with Crippen LogP contribution in [0.25, 0.3) is 0 Å². The third kappa shape index (κ3) is 3.48. The topological polar surface area (TPSA) is 46.5 Å². The SMILES string of the molecule is CCCCC(C)(C(O)C=CC1CCC2OC(=O)C(C)C12)C(F)(F)F. The summed E-state index contributed by atoms with van der Waals surface area (Å²) >= 11 is 0. The van der Waals surface area contributed by atoms with Gasteiger partial charge >= 0.3 is 12.1 Å². The number of alkyl halides is 3. The van der Waals surface area contributed by atoms with Crippen molar-refractivity contribution >= 4 is 5.97 Å². The van der Waals surface area contributed by atoms with Gasteiger partial charge < -0.3 is 9.84 Å². The molecule has 1 aliphatic heterocycles. The molecule has 0 spiro atoms. The number of esters is 1. The Balaban J connectivity index is 2.10. The van der Waals surface area contributed by atoms with Crippen molar-refractivity contribution in [3.05, 3.63) is 12.2 Å². The number of halogens is 3. The van der Waals surface area contributed by atoms with Crippen molar-refractivity contribution in [2.75, 3.05) is 0 Å². The van der Waals surface area contributed by atoms with Gasteiger partial charge in [-0.3, -0.25) is 4.79 Å². The van der Waals surface area contributed by atoms with E-state index in [9.17, 15) is 23.1 Å². The van der Waals surface area contributed by atoms with Crippen molar-refractivity contribution in [2.24, 2.45) is 23.2 Å². The monoisotopic (exact) mass is 348 g/mol. The van der Waals surface area contributed by atoms with Gasteiger partial charge in [-0.05, 0) is 32.1 Å². The molecule has 1 heterocycles. The van der Waals surface area contributed by atoms with Crippen LogP contribution in [-0.4, -0.2) is 29.5 Å². The van der Waals surface area contributed by atoms with E-state index in [4.69, 9.17) is 4.74 Å². The molecule has 0 aromatic carbocycles. The van der Waals surface area contributed by atoms with E-state index in [1.54, 1.807) is 13.0 Å². The molecule has 2 fully saturated rings. The first-order valence-corrected chi connectivity index (χ1v) is 8.75. The van der Waals surface area contributed by atoms with Crippen molar-refractivity contribution in [1.82, 2.24) is 0 Å². The van der Waals surface area contributed by atoms with Gasteiger partial charge in [-0.25, -0.2) is 0 Å². The maximum atomic E-state index is 13.4. The van der Waals surface area contributed by atoms with Crippen molar-refractivity contribution in [3.8, 4) is 0 Å². The van der Waals surface area contributed by atoms with Gasteiger partial charge in [0.15, 0.2) is 0 Å². The summed E-state index contributed by atoms with van der Waals surface area (Å²) < 4.78 is 45.6. The first-order chi connectivity index (χ1) is 11.1. The molecule has 6 atom stereocenters. The molecule has 2 aliphatic rings. The van der Waals surface area contributed by atoms with Gasteiger partial charge in [-0.15, -0.1) is 0 Å². The second-order valence-electron chi connectivity index (χ2n) is 7.43. The Morgan fingerprint density at radius 3 is 2.62 bits per heavy atom. The zero-order chi connectivity index (χ0) is 18.1. The Labute approximate surface area is 141 Å². The number of fused-ring (bicyclic) bond motifs is 1. The summed E-state index contributed by atoms with van der Waals surface area (Å²) in [6.07, 6.45) is -0.775. The molecule has 24 heavy (non-hydrogen) atoms. The first-order valence-electron chi connectivity index (χ1n) is 8.75. The summed E-state index contributed by atoms with van der Waals surface area (Å²) in [5, 5.41) is 10.2. The lowest BCUT2D eigenvalue weighted by Crippen LogP contribution is -2.44. The van der Waals surface area contributed by atoms with Crippen LogP contribution in [0.2, 0.25) is 0 Å². The number of aliphatic hydroxyl groups is 1. The van der Waals surface area contributed by atoms with E-state index >= 15 is 0 Å². The van der Waals surface area contributed by atoms with E-state index in [0.29, 0.717) is 12.8 Å². The van der Waals surface area contributed by atoms with Crippen molar-refractivity contribution in [3.63, 3.8) is 0 Å². The van der Waals surface area contributed by atoms with Gasteiger partial charge in [-0.1, -0.05) is 38.8 Å². The van der Waals surface area contributed by atoms with E-state index in [1.165, 1.54) is 6.08 Å². The lowest BCUT2D eigenvalue weighted by molar-refractivity contribution is -0.244. The molecule has 0 bridgehead atoms. The minimum Gasteiger partial charge on any atom is -0.462 e. The molecule has 6 unspecified atom stereocenters. The largest absolute Gasteiger partial charge is 0.462 e. The molecule has 3 nitrogen and oxygen atoms in total. The van der Waals surface area contributed by atoms with Crippen LogP contribution in [0.3, 0.4) is 0 Å². The summed E-state index contributed by atoms with van der Waals surface area (Å²) in [4.78, 5) is 11.6. The van der Waals surface area contributed by atoms with Crippen LogP contribution in [0.1, 0.15) is 52.9 Å². The molecule has 1 saturated carbocycles. The summed E-state index contributed by atoms with van der Waals surface area (Å²) in [5.74, 6) is -0.478. The average molecular weight is 348 g/mol. The highest BCUT2D eigenvalue weighted by molar-refractivity contribution is 5.75. The lowest BCUT2D eigenvalue weighted by atomic mass is 9.77. The highest BCUT2D eigenvalue weighted by Gasteiger charge is 2.54. The summed E-state index contributed by atoms with van der Waals surface area (Å²) in [5.41, 5.74) is -2.15. The standard InChI is InChI=1S/C18H27F3O3/c1-4-5-10-17(3,18(19,20)21)14(22)9-7-12-6-8-13-15(12)11(2)16(23)24-13/h7,9,11-15,22H,4-6,8,10H2,1-3H3. The Morgan fingerprint density at radius 1 is 1.38 bits per heavy atom. The first kappa shape index (κ1) is 19.3. The highest BCUT2D eigenvalue weighted by Crippen LogP contribution is 2.47. The van der Waals surface area contributed by atoms with Gasteiger partial charge in [0.25, 0.3) is 0 Å². The number of unbranched alkanes of at least 4 members (excludes halogenated alkanes) is 1. The van der Waals surface area contributed by atoms with E-state index < -0.39 is 17.7 Å². The third-order valence-electron chi connectivity index (χ3n) is 5.82. The molecule has 0 aromatic rings. The van der Waals surface area contributed by atoms with E-state index in [2.05, 4.69) is 0 Å². The van der Waals surface area contributed by atoms with Crippen LogP contribution >= 0.6 is 0 Å². The Morgan fingerprint density at radius 2 is 2.04 bits per heavy atom. The number of rotatable bonds is 6. The van der Waals surface area contributed by atoms with Crippen LogP contribution in [0.15, 0.2) is 12.2 Å². The van der Waals surface area contributed by atoms with Gasteiger partial charge in [-0.2, -0.15) is 13.2 Å². The Hall–Kier alpha value is -1.04. The fourth-order valence-corrected chi connectivity index (χ4v) is 3.95. The number of carbonyl (C=O) groups is 1. The predicted molar refractivity (Wildman–Crippen MR) is 84.1 cm³/mol. The molecule has 1 aliphatic carbocycles. The maximum Gasteiger partial charge on any atom is 0.397 e. The lowest BCUT2D eigenvalue weighted by Gasteiger charge is -2.35.